The third-order valence-corrected chi connectivity index (χ3v) is 1.66. The Bertz CT molecular complexity index is 399. The number of hydrogen-bond donors (Lipinski definition) is 0. The molecule has 0 aromatic carbocycles. The van der Waals surface area contributed by atoms with Crippen molar-refractivity contribution in [1.29, 1.82) is 0 Å². The van der Waals surface area contributed by atoms with Crippen LogP contribution >= 0.6 is 0 Å². The van der Waals surface area contributed by atoms with Crippen LogP contribution in [0.15, 0.2) is 39.4 Å². The van der Waals surface area contributed by atoms with Gasteiger partial charge in [0, 0.05) is 6.07 Å². The van der Waals surface area contributed by atoms with E-state index < -0.39 is 0 Å². The van der Waals surface area contributed by atoms with Crippen LogP contribution in [0.3, 0.4) is 0 Å². The lowest BCUT2D eigenvalue weighted by atomic mass is 10.5. The van der Waals surface area contributed by atoms with Gasteiger partial charge in [0.2, 0.25) is 0 Å². The molecule has 2 aromatic heterocycles. The molecule has 0 saturated carbocycles. The maximum Gasteiger partial charge on any atom is 0.285 e. The van der Waals surface area contributed by atoms with Crippen LogP contribution in [0.5, 0.6) is 5.95 Å². The lowest BCUT2D eigenvalue weighted by Crippen LogP contribution is -1.91. The molecule has 72 valence electrons. The molecule has 0 aliphatic carbocycles. The fourth-order valence-corrected chi connectivity index (χ4v) is 1.01. The summed E-state index contributed by atoms with van der Waals surface area (Å²) in [7, 11) is 0. The lowest BCUT2D eigenvalue weighted by Gasteiger charge is -1.97. The fourth-order valence-electron chi connectivity index (χ4n) is 1.01. The van der Waals surface area contributed by atoms with E-state index in [2.05, 4.69) is 0 Å². The van der Waals surface area contributed by atoms with Crippen LogP contribution in [-0.2, 0) is 6.61 Å². The van der Waals surface area contributed by atoms with Crippen molar-refractivity contribution in [3.63, 3.8) is 0 Å². The van der Waals surface area contributed by atoms with Crippen LogP contribution in [0.25, 0.3) is 0 Å². The van der Waals surface area contributed by atoms with Crippen molar-refractivity contribution in [2.45, 2.75) is 6.61 Å². The molecule has 2 aromatic rings. The van der Waals surface area contributed by atoms with Gasteiger partial charge in [-0.25, -0.2) is 0 Å². The molecule has 0 fully saturated rings. The molecule has 0 atom stereocenters. The molecular formula is C10H8O4. The van der Waals surface area contributed by atoms with E-state index in [1.165, 1.54) is 0 Å². The van der Waals surface area contributed by atoms with Gasteiger partial charge in [0.1, 0.15) is 12.4 Å². The van der Waals surface area contributed by atoms with Gasteiger partial charge in [0.25, 0.3) is 5.95 Å². The topological polar surface area (TPSA) is 52.6 Å². The fraction of sp³-hybridized carbons (Fsp3) is 0.100. The van der Waals surface area contributed by atoms with Crippen molar-refractivity contribution < 1.29 is 18.4 Å². The standard InChI is InChI=1S/C10H8O4/c11-6-8-3-4-10(14-8)13-7-9-2-1-5-12-9/h1-6H,7H2. The largest absolute Gasteiger partial charge is 0.466 e. The summed E-state index contributed by atoms with van der Waals surface area (Å²) >= 11 is 0. The van der Waals surface area contributed by atoms with Crippen LogP contribution in [0.1, 0.15) is 16.3 Å². The van der Waals surface area contributed by atoms with E-state index in [-0.39, 0.29) is 5.76 Å². The van der Waals surface area contributed by atoms with E-state index >= 15 is 0 Å². The highest BCUT2D eigenvalue weighted by atomic mass is 16.6. The van der Waals surface area contributed by atoms with Crippen LogP contribution in [0, 0.1) is 0 Å². The van der Waals surface area contributed by atoms with E-state index in [1.54, 1.807) is 30.5 Å². The van der Waals surface area contributed by atoms with Crippen LogP contribution in [0.4, 0.5) is 0 Å². The number of rotatable bonds is 4. The van der Waals surface area contributed by atoms with Crippen LogP contribution < -0.4 is 4.74 Å². The summed E-state index contributed by atoms with van der Waals surface area (Å²) in [5, 5.41) is 0. The monoisotopic (exact) mass is 192 g/mol. The van der Waals surface area contributed by atoms with Crippen LogP contribution in [-0.4, -0.2) is 6.29 Å². The van der Waals surface area contributed by atoms with Gasteiger partial charge in [-0.1, -0.05) is 0 Å². The quantitative estimate of drug-likeness (QED) is 0.697. The van der Waals surface area contributed by atoms with Crippen molar-refractivity contribution in [2.24, 2.45) is 0 Å². The summed E-state index contributed by atoms with van der Waals surface area (Å²) in [6.45, 7) is 0.290. The third kappa shape index (κ3) is 1.85. The molecule has 0 saturated heterocycles. The number of aldehydes is 1. The first-order valence-electron chi connectivity index (χ1n) is 4.08. The highest BCUT2D eigenvalue weighted by Crippen LogP contribution is 2.16. The van der Waals surface area contributed by atoms with Crippen molar-refractivity contribution in [2.75, 3.05) is 0 Å². The molecule has 0 radical (unpaired) electrons. The molecule has 0 N–H and O–H groups in total. The second-order valence-corrected chi connectivity index (χ2v) is 2.64. The Kier molecular flexibility index (Phi) is 2.36. The maximum absolute atomic E-state index is 10.3. The van der Waals surface area contributed by atoms with E-state index in [1.807, 2.05) is 0 Å². The molecule has 14 heavy (non-hydrogen) atoms. The third-order valence-electron chi connectivity index (χ3n) is 1.66. The highest BCUT2D eigenvalue weighted by molar-refractivity contribution is 5.70. The number of carbonyl (C=O) groups is 1. The van der Waals surface area contributed by atoms with E-state index in [0.29, 0.717) is 24.6 Å². The first kappa shape index (κ1) is 8.62. The second-order valence-electron chi connectivity index (χ2n) is 2.64. The van der Waals surface area contributed by atoms with Gasteiger partial charge in [-0.15, -0.1) is 0 Å². The maximum atomic E-state index is 10.3. The zero-order chi connectivity index (χ0) is 9.80. The van der Waals surface area contributed by atoms with Gasteiger partial charge >= 0.3 is 0 Å². The number of hydrogen-bond acceptors (Lipinski definition) is 4. The Morgan fingerprint density at radius 2 is 2.29 bits per heavy atom. The highest BCUT2D eigenvalue weighted by Gasteiger charge is 2.02. The minimum atomic E-state index is 0.249. The molecule has 4 heteroatoms. The molecule has 0 unspecified atom stereocenters. The average molecular weight is 192 g/mol. The zero-order valence-corrected chi connectivity index (χ0v) is 7.30. The molecule has 0 bridgehead atoms. The molecule has 2 heterocycles. The van der Waals surface area contributed by atoms with E-state index in [4.69, 9.17) is 13.6 Å². The van der Waals surface area contributed by atoms with Crippen LogP contribution in [0.2, 0.25) is 0 Å². The van der Waals surface area contributed by atoms with Gasteiger partial charge in [-0.05, 0) is 18.2 Å². The minimum absolute atomic E-state index is 0.249. The average Bonchev–Trinajstić information content (AvgIpc) is 2.86. The molecule has 0 amide bonds. The number of furan rings is 2. The summed E-state index contributed by atoms with van der Waals surface area (Å²) in [6.07, 6.45) is 2.19. The normalized spacial score (nSPS) is 10.0. The predicted molar refractivity (Wildman–Crippen MR) is 47.1 cm³/mol. The van der Waals surface area contributed by atoms with Gasteiger partial charge in [0.05, 0.1) is 6.26 Å². The van der Waals surface area contributed by atoms with Gasteiger partial charge in [0.15, 0.2) is 12.0 Å². The lowest BCUT2D eigenvalue weighted by molar-refractivity contribution is 0.109. The smallest absolute Gasteiger partial charge is 0.285 e. The van der Waals surface area contributed by atoms with E-state index in [9.17, 15) is 4.79 Å². The minimum Gasteiger partial charge on any atom is -0.466 e. The summed E-state index contributed by atoms with van der Waals surface area (Å²) in [5.41, 5.74) is 0. The summed E-state index contributed by atoms with van der Waals surface area (Å²) in [4.78, 5) is 10.3. The summed E-state index contributed by atoms with van der Waals surface area (Å²) < 4.78 is 15.3. The molecule has 4 nitrogen and oxygen atoms in total. The first-order valence-corrected chi connectivity index (χ1v) is 4.08. The second kappa shape index (κ2) is 3.83. The molecule has 2 rings (SSSR count). The van der Waals surface area contributed by atoms with E-state index in [0.717, 1.165) is 0 Å². The Morgan fingerprint density at radius 3 is 2.93 bits per heavy atom. The van der Waals surface area contributed by atoms with Gasteiger partial charge < -0.3 is 13.6 Å². The SMILES string of the molecule is O=Cc1ccc(OCc2ccco2)o1. The Balaban J connectivity index is 1.95. The molecule has 0 aliphatic rings. The Labute approximate surface area is 80.1 Å². The van der Waals surface area contributed by atoms with Crippen molar-refractivity contribution >= 4 is 6.29 Å². The Hall–Kier alpha value is -1.97. The first-order chi connectivity index (χ1) is 6.88. The summed E-state index contributed by atoms with van der Waals surface area (Å²) in [5.74, 6) is 1.26. The Morgan fingerprint density at radius 1 is 1.36 bits per heavy atom. The predicted octanol–water partition coefficient (Wildman–Crippen LogP) is 2.26. The molecular weight excluding hydrogens is 184 g/mol. The van der Waals surface area contributed by atoms with Crippen molar-refractivity contribution in [3.8, 4) is 5.95 Å². The van der Waals surface area contributed by atoms with Gasteiger partial charge in [-0.2, -0.15) is 0 Å². The van der Waals surface area contributed by atoms with Crippen molar-refractivity contribution in [1.82, 2.24) is 0 Å². The van der Waals surface area contributed by atoms with Crippen molar-refractivity contribution in [3.05, 3.63) is 42.0 Å². The molecule has 0 aliphatic heterocycles. The molecule has 0 spiro atoms. The summed E-state index contributed by atoms with van der Waals surface area (Å²) in [6, 6.07) is 6.71. The number of carbonyl (C=O) groups excluding carboxylic acids is 1. The van der Waals surface area contributed by atoms with Gasteiger partial charge in [-0.3, -0.25) is 4.79 Å². The zero-order valence-electron chi connectivity index (χ0n) is 7.30. The number of ether oxygens (including phenoxy) is 1.